The van der Waals surface area contributed by atoms with E-state index in [1.165, 1.54) is 0 Å². The summed E-state index contributed by atoms with van der Waals surface area (Å²) in [6, 6.07) is 14.1. The fourth-order valence-electron chi connectivity index (χ4n) is 1.69. The second-order valence-corrected chi connectivity index (χ2v) is 3.72. The largest absolute Gasteiger partial charge is 0.423 e. The van der Waals surface area contributed by atoms with E-state index in [-0.39, 0.29) is 0 Å². The van der Waals surface area contributed by atoms with Crippen LogP contribution in [0.5, 0.6) is 5.75 Å². The number of rotatable bonds is 2. The maximum atomic E-state index is 12.0. The number of ether oxygens (including phenoxy) is 1. The van der Waals surface area contributed by atoms with Crippen molar-refractivity contribution < 1.29 is 9.53 Å². The highest BCUT2D eigenvalue weighted by Gasteiger charge is 2.14. The summed E-state index contributed by atoms with van der Waals surface area (Å²) in [5.74, 6) is 0.0590. The number of para-hydroxylation sites is 1. The van der Waals surface area contributed by atoms with Crippen molar-refractivity contribution in [2.24, 2.45) is 0 Å². The fraction of sp³-hybridized carbons (Fsp3) is 0. The van der Waals surface area contributed by atoms with Gasteiger partial charge in [-0.3, -0.25) is 5.10 Å². The average molecular weight is 239 g/mol. The molecule has 5 heteroatoms. The molecule has 0 amide bonds. The molecule has 0 saturated carbocycles. The first-order chi connectivity index (χ1) is 8.84. The number of nitrogens with zero attached hydrogens (tertiary/aromatic N) is 2. The Balaban J connectivity index is 1.95. The van der Waals surface area contributed by atoms with Crippen molar-refractivity contribution in [1.29, 1.82) is 0 Å². The van der Waals surface area contributed by atoms with Gasteiger partial charge in [-0.25, -0.2) is 4.79 Å². The van der Waals surface area contributed by atoms with E-state index in [1.54, 1.807) is 42.5 Å². The van der Waals surface area contributed by atoms with Crippen LogP contribution in [0, 0.1) is 0 Å². The minimum Gasteiger partial charge on any atom is -0.423 e. The number of fused-ring (bicyclic) bond motifs is 1. The lowest BCUT2D eigenvalue weighted by Crippen LogP contribution is -2.09. The van der Waals surface area contributed by atoms with Crippen molar-refractivity contribution in [2.45, 2.75) is 0 Å². The average Bonchev–Trinajstić information content (AvgIpc) is 2.87. The van der Waals surface area contributed by atoms with Gasteiger partial charge in [-0.15, -0.1) is 5.10 Å². The van der Waals surface area contributed by atoms with Gasteiger partial charge in [0.2, 0.25) is 0 Å². The lowest BCUT2D eigenvalue weighted by Gasteiger charge is -2.03. The Hall–Kier alpha value is -2.69. The predicted molar refractivity (Wildman–Crippen MR) is 65.3 cm³/mol. The summed E-state index contributed by atoms with van der Waals surface area (Å²) in [5, 5.41) is 10.3. The third-order valence-electron chi connectivity index (χ3n) is 2.53. The van der Waals surface area contributed by atoms with E-state index in [0.717, 1.165) is 0 Å². The molecule has 3 aromatic rings. The van der Waals surface area contributed by atoms with Crippen LogP contribution in [0.4, 0.5) is 0 Å². The van der Waals surface area contributed by atoms with Crippen molar-refractivity contribution in [3.63, 3.8) is 0 Å². The van der Waals surface area contributed by atoms with Crippen LogP contribution in [0.2, 0.25) is 0 Å². The molecule has 0 fully saturated rings. The highest BCUT2D eigenvalue weighted by Crippen LogP contribution is 2.17. The number of esters is 1. The molecular formula is C13H9N3O2. The molecular weight excluding hydrogens is 230 g/mol. The molecule has 1 aromatic heterocycles. The molecule has 0 unspecified atom stereocenters. The molecule has 0 spiro atoms. The van der Waals surface area contributed by atoms with Gasteiger partial charge in [0.25, 0.3) is 0 Å². The molecule has 1 N–H and O–H groups in total. The van der Waals surface area contributed by atoms with E-state index in [0.29, 0.717) is 22.3 Å². The molecule has 18 heavy (non-hydrogen) atoms. The SMILES string of the molecule is O=C(Oc1ccccc1)c1cccc2[nH]nnc12. The zero-order valence-corrected chi connectivity index (χ0v) is 9.33. The fourth-order valence-corrected chi connectivity index (χ4v) is 1.69. The molecule has 3 rings (SSSR count). The number of aromatic amines is 1. The van der Waals surface area contributed by atoms with Gasteiger partial charge in [0.15, 0.2) is 0 Å². The number of carbonyl (C=O) groups is 1. The lowest BCUT2D eigenvalue weighted by molar-refractivity contribution is 0.0736. The summed E-state index contributed by atoms with van der Waals surface area (Å²) in [7, 11) is 0. The first-order valence-corrected chi connectivity index (χ1v) is 5.41. The van der Waals surface area contributed by atoms with Gasteiger partial charge in [0.1, 0.15) is 11.3 Å². The smallest absolute Gasteiger partial charge is 0.345 e. The van der Waals surface area contributed by atoms with Gasteiger partial charge >= 0.3 is 5.97 Å². The van der Waals surface area contributed by atoms with Crippen LogP contribution in [0.15, 0.2) is 48.5 Å². The Morgan fingerprint density at radius 1 is 1.06 bits per heavy atom. The molecule has 1 heterocycles. The van der Waals surface area contributed by atoms with E-state index >= 15 is 0 Å². The van der Waals surface area contributed by atoms with Crippen LogP contribution in [-0.2, 0) is 0 Å². The summed E-state index contributed by atoms with van der Waals surface area (Å²) >= 11 is 0. The van der Waals surface area contributed by atoms with Gasteiger partial charge in [-0.1, -0.05) is 29.5 Å². The number of hydrogen-bond acceptors (Lipinski definition) is 4. The van der Waals surface area contributed by atoms with Crippen LogP contribution >= 0.6 is 0 Å². The standard InChI is InChI=1S/C13H9N3O2/c17-13(18-9-5-2-1-3-6-9)10-7-4-8-11-12(10)15-16-14-11/h1-8H,(H,14,15,16). The lowest BCUT2D eigenvalue weighted by atomic mass is 10.2. The van der Waals surface area contributed by atoms with Gasteiger partial charge in [-0.2, -0.15) is 0 Å². The van der Waals surface area contributed by atoms with E-state index in [9.17, 15) is 4.79 Å². The molecule has 0 radical (unpaired) electrons. The van der Waals surface area contributed by atoms with Gasteiger partial charge < -0.3 is 4.74 Å². The van der Waals surface area contributed by atoms with Crippen molar-refractivity contribution >= 4 is 17.0 Å². The number of carbonyl (C=O) groups excluding carboxylic acids is 1. The molecule has 2 aromatic carbocycles. The number of benzene rings is 2. The van der Waals surface area contributed by atoms with Crippen molar-refractivity contribution in [2.75, 3.05) is 0 Å². The van der Waals surface area contributed by atoms with Crippen LogP contribution in [0.3, 0.4) is 0 Å². The van der Waals surface area contributed by atoms with Crippen molar-refractivity contribution in [3.8, 4) is 5.75 Å². The topological polar surface area (TPSA) is 67.9 Å². The second-order valence-electron chi connectivity index (χ2n) is 3.72. The van der Waals surface area contributed by atoms with Crippen LogP contribution in [-0.4, -0.2) is 21.4 Å². The molecule has 0 saturated heterocycles. The van der Waals surface area contributed by atoms with Crippen LogP contribution in [0.1, 0.15) is 10.4 Å². The summed E-state index contributed by atoms with van der Waals surface area (Å²) in [5.41, 5.74) is 1.61. The maximum Gasteiger partial charge on any atom is 0.345 e. The van der Waals surface area contributed by atoms with Gasteiger partial charge in [-0.05, 0) is 24.3 Å². The predicted octanol–water partition coefficient (Wildman–Crippen LogP) is 2.18. The second kappa shape index (κ2) is 4.29. The normalized spacial score (nSPS) is 10.4. The number of H-pyrrole nitrogens is 1. The molecule has 0 bridgehead atoms. The summed E-state index contributed by atoms with van der Waals surface area (Å²) in [6.07, 6.45) is 0. The van der Waals surface area contributed by atoms with E-state index in [1.807, 2.05) is 6.07 Å². The summed E-state index contributed by atoms with van der Waals surface area (Å²) < 4.78 is 5.26. The highest BCUT2D eigenvalue weighted by molar-refractivity contribution is 6.02. The monoisotopic (exact) mass is 239 g/mol. The molecule has 88 valence electrons. The Kier molecular flexibility index (Phi) is 2.49. The minimum atomic E-state index is -0.444. The molecule has 0 atom stereocenters. The summed E-state index contributed by atoms with van der Waals surface area (Å²) in [4.78, 5) is 12.0. The zero-order chi connectivity index (χ0) is 12.4. The summed E-state index contributed by atoms with van der Waals surface area (Å²) in [6.45, 7) is 0. The van der Waals surface area contributed by atoms with Crippen molar-refractivity contribution in [3.05, 3.63) is 54.1 Å². The third kappa shape index (κ3) is 1.82. The Bertz CT molecular complexity index is 692. The quantitative estimate of drug-likeness (QED) is 0.549. The molecule has 0 aliphatic carbocycles. The van der Waals surface area contributed by atoms with E-state index in [2.05, 4.69) is 15.4 Å². The Morgan fingerprint density at radius 2 is 1.89 bits per heavy atom. The highest BCUT2D eigenvalue weighted by atomic mass is 16.5. The number of nitrogens with one attached hydrogen (secondary N) is 1. The Labute approximate surface area is 102 Å². The van der Waals surface area contributed by atoms with Crippen LogP contribution < -0.4 is 4.74 Å². The first-order valence-electron chi connectivity index (χ1n) is 5.41. The molecule has 0 aliphatic rings. The van der Waals surface area contributed by atoms with E-state index < -0.39 is 5.97 Å². The number of hydrogen-bond donors (Lipinski definition) is 1. The Morgan fingerprint density at radius 3 is 2.72 bits per heavy atom. The van der Waals surface area contributed by atoms with Crippen molar-refractivity contribution in [1.82, 2.24) is 15.4 Å². The molecule has 0 aliphatic heterocycles. The van der Waals surface area contributed by atoms with Gasteiger partial charge in [0, 0.05) is 0 Å². The first kappa shape index (κ1) is 10.5. The van der Waals surface area contributed by atoms with E-state index in [4.69, 9.17) is 4.74 Å². The van der Waals surface area contributed by atoms with Gasteiger partial charge in [0.05, 0.1) is 11.1 Å². The third-order valence-corrected chi connectivity index (χ3v) is 2.53. The number of aromatic nitrogens is 3. The van der Waals surface area contributed by atoms with Crippen LogP contribution in [0.25, 0.3) is 11.0 Å². The minimum absolute atomic E-state index is 0.394. The maximum absolute atomic E-state index is 12.0. The zero-order valence-electron chi connectivity index (χ0n) is 9.33. The molecule has 5 nitrogen and oxygen atoms in total.